The summed E-state index contributed by atoms with van der Waals surface area (Å²) in [6.07, 6.45) is 3.46. The number of rotatable bonds is 5. The molecule has 9 heteroatoms. The molecule has 1 aromatic rings. The molecule has 26 heavy (non-hydrogen) atoms. The van der Waals surface area contributed by atoms with Gasteiger partial charge in [0.15, 0.2) is 0 Å². The van der Waals surface area contributed by atoms with Gasteiger partial charge in [-0.1, -0.05) is 13.0 Å². The van der Waals surface area contributed by atoms with Crippen LogP contribution in [0.25, 0.3) is 0 Å². The van der Waals surface area contributed by atoms with Gasteiger partial charge in [-0.3, -0.25) is 14.6 Å². The van der Waals surface area contributed by atoms with Crippen LogP contribution in [0.15, 0.2) is 36.3 Å². The van der Waals surface area contributed by atoms with E-state index < -0.39 is 11.9 Å². The van der Waals surface area contributed by atoms with Crippen molar-refractivity contribution in [2.24, 2.45) is 17.5 Å². The standard InChI is InChI=1S/C17H23N7O2/c1-12-7-13(8-18)23(9-12)16(25)11-22(2)17(26)14(19)10-24(20)15-5-3-4-6-21-15/h3-6,10,12-13H,7,9,11,19-20H2,1-2H3/b14-10-. The molecule has 0 aliphatic carbocycles. The summed E-state index contributed by atoms with van der Waals surface area (Å²) in [5.74, 6) is 5.69. The average Bonchev–Trinajstić information content (AvgIpc) is 3.02. The fourth-order valence-corrected chi connectivity index (χ4v) is 2.81. The normalized spacial score (nSPS) is 19.8. The molecule has 1 aliphatic heterocycles. The average molecular weight is 357 g/mol. The molecule has 2 amide bonds. The number of nitrogens with zero attached hydrogens (tertiary/aromatic N) is 5. The Hall–Kier alpha value is -3.12. The van der Waals surface area contributed by atoms with Crippen molar-refractivity contribution in [3.8, 4) is 6.07 Å². The first-order valence-electron chi connectivity index (χ1n) is 8.20. The Balaban J connectivity index is 1.99. The van der Waals surface area contributed by atoms with Crippen molar-refractivity contribution < 1.29 is 9.59 Å². The van der Waals surface area contributed by atoms with Crippen molar-refractivity contribution in [1.29, 1.82) is 5.26 Å². The van der Waals surface area contributed by atoms with Crippen LogP contribution in [0.3, 0.4) is 0 Å². The number of amides is 2. The number of likely N-dealkylation sites (N-methyl/N-ethyl adjacent to an activating group) is 1. The highest BCUT2D eigenvalue weighted by Crippen LogP contribution is 2.22. The quantitative estimate of drug-likeness (QED) is 0.423. The maximum absolute atomic E-state index is 12.4. The molecule has 0 aromatic carbocycles. The molecule has 2 heterocycles. The van der Waals surface area contributed by atoms with Crippen LogP contribution in [0.5, 0.6) is 0 Å². The lowest BCUT2D eigenvalue weighted by Gasteiger charge is -2.24. The monoisotopic (exact) mass is 357 g/mol. The third-order valence-electron chi connectivity index (χ3n) is 4.14. The second kappa shape index (κ2) is 8.31. The van der Waals surface area contributed by atoms with Crippen molar-refractivity contribution in [2.75, 3.05) is 25.1 Å². The summed E-state index contributed by atoms with van der Waals surface area (Å²) < 4.78 is 0. The summed E-state index contributed by atoms with van der Waals surface area (Å²) in [6, 6.07) is 6.84. The largest absolute Gasteiger partial charge is 0.393 e. The van der Waals surface area contributed by atoms with Gasteiger partial charge in [-0.25, -0.2) is 10.8 Å². The van der Waals surface area contributed by atoms with Gasteiger partial charge in [-0.05, 0) is 24.5 Å². The van der Waals surface area contributed by atoms with Crippen LogP contribution in [0.4, 0.5) is 5.82 Å². The molecule has 138 valence electrons. The molecule has 1 aromatic heterocycles. The van der Waals surface area contributed by atoms with Gasteiger partial charge in [-0.15, -0.1) is 0 Å². The zero-order valence-electron chi connectivity index (χ0n) is 14.9. The molecule has 2 rings (SSSR count). The summed E-state index contributed by atoms with van der Waals surface area (Å²) in [4.78, 5) is 31.6. The fourth-order valence-electron chi connectivity index (χ4n) is 2.81. The predicted octanol–water partition coefficient (Wildman–Crippen LogP) is -0.219. The number of carbonyl (C=O) groups is 2. The van der Waals surface area contributed by atoms with Gasteiger partial charge < -0.3 is 15.5 Å². The summed E-state index contributed by atoms with van der Waals surface area (Å²) >= 11 is 0. The van der Waals surface area contributed by atoms with E-state index in [9.17, 15) is 9.59 Å². The van der Waals surface area contributed by atoms with Gasteiger partial charge in [-0.2, -0.15) is 5.26 Å². The number of hydrogen-bond acceptors (Lipinski definition) is 7. The van der Waals surface area contributed by atoms with Gasteiger partial charge in [0, 0.05) is 19.8 Å². The molecular weight excluding hydrogens is 334 g/mol. The third kappa shape index (κ3) is 4.49. The summed E-state index contributed by atoms with van der Waals surface area (Å²) in [6.45, 7) is 2.34. The molecule has 0 saturated carbocycles. The van der Waals surface area contributed by atoms with E-state index in [1.165, 1.54) is 23.0 Å². The van der Waals surface area contributed by atoms with E-state index in [-0.39, 0.29) is 24.1 Å². The molecule has 4 N–H and O–H groups in total. The molecule has 1 fully saturated rings. The van der Waals surface area contributed by atoms with Crippen molar-refractivity contribution in [3.63, 3.8) is 0 Å². The number of hydrogen-bond donors (Lipinski definition) is 2. The summed E-state index contributed by atoms with van der Waals surface area (Å²) in [5, 5.41) is 10.3. The number of aromatic nitrogens is 1. The Morgan fingerprint density at radius 3 is 2.85 bits per heavy atom. The predicted molar refractivity (Wildman–Crippen MR) is 95.7 cm³/mol. The van der Waals surface area contributed by atoms with Crippen LogP contribution in [0.2, 0.25) is 0 Å². The number of carbonyl (C=O) groups excluding carboxylic acids is 2. The Kier molecular flexibility index (Phi) is 6.14. The third-order valence-corrected chi connectivity index (χ3v) is 4.14. The van der Waals surface area contributed by atoms with Crippen LogP contribution in [-0.2, 0) is 9.59 Å². The number of nitrogens with two attached hydrogens (primary N) is 2. The van der Waals surface area contributed by atoms with Gasteiger partial charge in [0.1, 0.15) is 17.6 Å². The molecule has 0 spiro atoms. The maximum Gasteiger partial charge on any atom is 0.271 e. The van der Waals surface area contributed by atoms with E-state index in [1.807, 2.05) is 6.92 Å². The SMILES string of the molecule is CC1CC(C#N)N(C(=O)CN(C)C(=O)/C(N)=C/N(N)c2ccccn2)C1. The molecule has 0 bridgehead atoms. The van der Waals surface area contributed by atoms with Gasteiger partial charge >= 0.3 is 0 Å². The first-order chi connectivity index (χ1) is 12.3. The Morgan fingerprint density at radius 1 is 1.50 bits per heavy atom. The highest BCUT2D eigenvalue weighted by molar-refractivity contribution is 5.95. The number of hydrazine groups is 1. The molecule has 2 atom stereocenters. The number of nitriles is 1. The maximum atomic E-state index is 12.4. The number of pyridine rings is 1. The van der Waals surface area contributed by atoms with Crippen molar-refractivity contribution in [3.05, 3.63) is 36.3 Å². The Labute approximate surface area is 152 Å². The first kappa shape index (κ1) is 19.2. The van der Waals surface area contributed by atoms with E-state index in [0.29, 0.717) is 18.8 Å². The highest BCUT2D eigenvalue weighted by atomic mass is 16.2. The zero-order chi connectivity index (χ0) is 19.3. The van der Waals surface area contributed by atoms with Gasteiger partial charge in [0.2, 0.25) is 5.91 Å². The van der Waals surface area contributed by atoms with E-state index in [4.69, 9.17) is 16.8 Å². The fraction of sp³-hybridized carbons (Fsp3) is 0.412. The molecule has 0 radical (unpaired) electrons. The van der Waals surface area contributed by atoms with Gasteiger partial charge in [0.25, 0.3) is 5.91 Å². The van der Waals surface area contributed by atoms with Crippen LogP contribution >= 0.6 is 0 Å². The minimum Gasteiger partial charge on any atom is -0.393 e. The lowest BCUT2D eigenvalue weighted by Crippen LogP contribution is -2.44. The van der Waals surface area contributed by atoms with Crippen molar-refractivity contribution >= 4 is 17.6 Å². The van der Waals surface area contributed by atoms with E-state index >= 15 is 0 Å². The molecule has 1 aliphatic rings. The lowest BCUT2D eigenvalue weighted by molar-refractivity contribution is -0.137. The van der Waals surface area contributed by atoms with Crippen LogP contribution in [-0.4, -0.2) is 52.8 Å². The van der Waals surface area contributed by atoms with Crippen molar-refractivity contribution in [1.82, 2.24) is 14.8 Å². The molecule has 9 nitrogen and oxygen atoms in total. The minimum atomic E-state index is -0.537. The summed E-state index contributed by atoms with van der Waals surface area (Å²) in [5.41, 5.74) is 5.68. The van der Waals surface area contributed by atoms with E-state index in [0.717, 1.165) is 5.01 Å². The minimum absolute atomic E-state index is 0.125. The first-order valence-corrected chi connectivity index (χ1v) is 8.20. The Morgan fingerprint density at radius 2 is 2.23 bits per heavy atom. The second-order valence-corrected chi connectivity index (χ2v) is 6.37. The topological polar surface area (TPSA) is 133 Å². The zero-order valence-corrected chi connectivity index (χ0v) is 14.9. The number of anilines is 1. The molecular formula is C17H23N7O2. The Bertz CT molecular complexity index is 728. The second-order valence-electron chi connectivity index (χ2n) is 6.37. The van der Waals surface area contributed by atoms with Crippen LogP contribution < -0.4 is 16.6 Å². The molecule has 1 saturated heterocycles. The van der Waals surface area contributed by atoms with E-state index in [1.54, 1.807) is 24.4 Å². The lowest BCUT2D eigenvalue weighted by atomic mass is 10.1. The van der Waals surface area contributed by atoms with Crippen LogP contribution in [0.1, 0.15) is 13.3 Å². The van der Waals surface area contributed by atoms with Crippen LogP contribution in [0, 0.1) is 17.2 Å². The highest BCUT2D eigenvalue weighted by Gasteiger charge is 2.33. The smallest absolute Gasteiger partial charge is 0.271 e. The van der Waals surface area contributed by atoms with Crippen molar-refractivity contribution in [2.45, 2.75) is 19.4 Å². The molecule has 2 unspecified atom stereocenters. The van der Waals surface area contributed by atoms with E-state index in [2.05, 4.69) is 11.1 Å². The number of likely N-dealkylation sites (tertiary alicyclic amines) is 1. The van der Waals surface area contributed by atoms with Gasteiger partial charge in [0.05, 0.1) is 18.8 Å². The summed E-state index contributed by atoms with van der Waals surface area (Å²) in [7, 11) is 1.48.